The highest BCUT2D eigenvalue weighted by molar-refractivity contribution is 5.11. The lowest BCUT2D eigenvalue weighted by atomic mass is 10.4. The van der Waals surface area contributed by atoms with Crippen molar-refractivity contribution < 1.29 is 0 Å². The molecule has 0 spiro atoms. The minimum absolute atomic E-state index is 1.14. The molecule has 0 aromatic heterocycles. The Morgan fingerprint density at radius 2 is 0.933 bits per heavy atom. The van der Waals surface area contributed by atoms with Gasteiger partial charge in [-0.25, -0.2) is 0 Å². The minimum atomic E-state index is 1.14. The van der Waals surface area contributed by atoms with E-state index in [2.05, 4.69) is 36.5 Å². The van der Waals surface area contributed by atoms with Crippen LogP contribution in [-0.4, -0.2) is 0 Å². The van der Waals surface area contributed by atoms with Crippen LogP contribution in [0.25, 0.3) is 0 Å². The van der Waals surface area contributed by atoms with Crippen molar-refractivity contribution in [3.63, 3.8) is 0 Å². The van der Waals surface area contributed by atoms with E-state index in [-0.39, 0.29) is 0 Å². The van der Waals surface area contributed by atoms with Gasteiger partial charge in [0, 0.05) is 0 Å². The number of hydrogen-bond acceptors (Lipinski definition) is 0. The second-order valence-corrected chi connectivity index (χ2v) is 4.26. The smallest absolute Gasteiger partial charge is 0.0163 e. The standard InChI is InChI=1S/C5H10.C5H8.C5H6/c3*1-2-4-5-3-1/h1-5H2;1-2H,3-5H2;1-4H,5H2. The third-order valence-corrected chi connectivity index (χ3v) is 2.81. The Kier molecular flexibility index (Phi) is 8.00. The van der Waals surface area contributed by atoms with Crippen LogP contribution >= 0.6 is 0 Å². The second kappa shape index (κ2) is 9.76. The van der Waals surface area contributed by atoms with Crippen LogP contribution < -0.4 is 0 Å². The van der Waals surface area contributed by atoms with E-state index < -0.39 is 0 Å². The molecule has 0 heteroatoms. The normalized spacial score (nSPS) is 20.8. The van der Waals surface area contributed by atoms with Gasteiger partial charge in [-0.2, -0.15) is 0 Å². The van der Waals surface area contributed by atoms with Gasteiger partial charge in [-0.05, 0) is 25.7 Å². The van der Waals surface area contributed by atoms with Crippen LogP contribution in [-0.2, 0) is 0 Å². The molecule has 0 aromatic carbocycles. The fourth-order valence-corrected chi connectivity index (χ4v) is 1.87. The highest BCUT2D eigenvalue weighted by Crippen LogP contribution is 2.15. The van der Waals surface area contributed by atoms with Crippen molar-refractivity contribution >= 4 is 0 Å². The summed E-state index contributed by atoms with van der Waals surface area (Å²) in [6, 6.07) is 0. The van der Waals surface area contributed by atoms with Crippen molar-refractivity contribution in [2.75, 3.05) is 0 Å². The molecule has 0 radical (unpaired) electrons. The minimum Gasteiger partial charge on any atom is -0.0885 e. The lowest BCUT2D eigenvalue weighted by Gasteiger charge is -1.69. The van der Waals surface area contributed by atoms with E-state index in [1.807, 2.05) is 0 Å². The maximum atomic E-state index is 2.24. The molecule has 0 aliphatic heterocycles. The summed E-state index contributed by atoms with van der Waals surface area (Å²) in [5, 5.41) is 0. The monoisotopic (exact) mass is 204 g/mol. The Morgan fingerprint density at radius 3 is 1.13 bits per heavy atom. The summed E-state index contributed by atoms with van der Waals surface area (Å²) >= 11 is 0. The first kappa shape index (κ1) is 12.3. The summed E-state index contributed by atoms with van der Waals surface area (Å²) in [5.74, 6) is 0. The lowest BCUT2D eigenvalue weighted by molar-refractivity contribution is 0.886. The summed E-state index contributed by atoms with van der Waals surface area (Å²) in [6.07, 6.45) is 25.5. The van der Waals surface area contributed by atoms with E-state index in [1.165, 1.54) is 51.4 Å². The van der Waals surface area contributed by atoms with Crippen LogP contribution in [0.5, 0.6) is 0 Å². The van der Waals surface area contributed by atoms with Crippen molar-refractivity contribution in [1.29, 1.82) is 0 Å². The fraction of sp³-hybridized carbons (Fsp3) is 0.600. The number of hydrogen-bond donors (Lipinski definition) is 0. The molecule has 15 heavy (non-hydrogen) atoms. The summed E-state index contributed by atoms with van der Waals surface area (Å²) in [7, 11) is 0. The molecule has 0 nitrogen and oxygen atoms in total. The Hall–Kier alpha value is -0.780. The van der Waals surface area contributed by atoms with Gasteiger partial charge < -0.3 is 0 Å². The van der Waals surface area contributed by atoms with Crippen LogP contribution in [0.2, 0.25) is 0 Å². The van der Waals surface area contributed by atoms with E-state index in [1.54, 1.807) is 0 Å². The van der Waals surface area contributed by atoms with Gasteiger partial charge in [0.2, 0.25) is 0 Å². The molecular formula is C15H24. The third kappa shape index (κ3) is 8.23. The number of rotatable bonds is 0. The Labute approximate surface area is 94.8 Å². The van der Waals surface area contributed by atoms with E-state index in [9.17, 15) is 0 Å². The molecule has 0 atom stereocenters. The van der Waals surface area contributed by atoms with Crippen molar-refractivity contribution in [3.8, 4) is 0 Å². The SMILES string of the molecule is C1=CCC=C1.C1=CCCC1.C1CCCC1. The van der Waals surface area contributed by atoms with E-state index in [4.69, 9.17) is 0 Å². The van der Waals surface area contributed by atoms with Crippen LogP contribution in [0, 0.1) is 0 Å². The fourth-order valence-electron chi connectivity index (χ4n) is 1.87. The first-order valence-corrected chi connectivity index (χ1v) is 6.47. The molecule has 1 saturated carbocycles. The first-order chi connectivity index (χ1) is 7.50. The van der Waals surface area contributed by atoms with Crippen molar-refractivity contribution in [3.05, 3.63) is 36.5 Å². The molecule has 0 heterocycles. The largest absolute Gasteiger partial charge is 0.0885 e. The predicted octanol–water partition coefficient (Wildman–Crippen LogP) is 5.18. The molecule has 84 valence electrons. The van der Waals surface area contributed by atoms with Gasteiger partial charge in [-0.1, -0.05) is 68.6 Å². The zero-order valence-electron chi connectivity index (χ0n) is 9.83. The summed E-state index contributed by atoms with van der Waals surface area (Å²) < 4.78 is 0. The molecule has 0 saturated heterocycles. The van der Waals surface area contributed by atoms with E-state index >= 15 is 0 Å². The van der Waals surface area contributed by atoms with Crippen LogP contribution in [0.15, 0.2) is 36.5 Å². The Bertz CT molecular complexity index is 180. The maximum absolute atomic E-state index is 2.24. The van der Waals surface area contributed by atoms with Crippen molar-refractivity contribution in [2.45, 2.75) is 57.8 Å². The molecule has 0 aromatic rings. The van der Waals surface area contributed by atoms with Gasteiger partial charge in [0.15, 0.2) is 0 Å². The Balaban J connectivity index is 0.000000112. The second-order valence-electron chi connectivity index (χ2n) is 4.26. The van der Waals surface area contributed by atoms with Gasteiger partial charge in [0.05, 0.1) is 0 Å². The number of allylic oxidation sites excluding steroid dienone is 6. The molecule has 0 bridgehead atoms. The van der Waals surface area contributed by atoms with E-state index in [0.717, 1.165) is 6.42 Å². The molecule has 0 unspecified atom stereocenters. The van der Waals surface area contributed by atoms with Crippen molar-refractivity contribution in [1.82, 2.24) is 0 Å². The quantitative estimate of drug-likeness (QED) is 0.477. The average Bonchev–Trinajstić information content (AvgIpc) is 3.09. The predicted molar refractivity (Wildman–Crippen MR) is 69.0 cm³/mol. The summed E-state index contributed by atoms with van der Waals surface area (Å²) in [6.45, 7) is 0. The van der Waals surface area contributed by atoms with Gasteiger partial charge in [-0.3, -0.25) is 0 Å². The van der Waals surface area contributed by atoms with Crippen LogP contribution in [0.1, 0.15) is 57.8 Å². The Morgan fingerprint density at radius 1 is 0.467 bits per heavy atom. The average molecular weight is 204 g/mol. The summed E-state index contributed by atoms with van der Waals surface area (Å²) in [4.78, 5) is 0. The van der Waals surface area contributed by atoms with E-state index in [0.29, 0.717) is 0 Å². The van der Waals surface area contributed by atoms with Gasteiger partial charge in [0.1, 0.15) is 0 Å². The van der Waals surface area contributed by atoms with Gasteiger partial charge in [-0.15, -0.1) is 0 Å². The molecule has 0 amide bonds. The zero-order valence-corrected chi connectivity index (χ0v) is 9.83. The molecule has 3 rings (SSSR count). The first-order valence-electron chi connectivity index (χ1n) is 6.47. The zero-order chi connectivity index (χ0) is 10.6. The van der Waals surface area contributed by atoms with Gasteiger partial charge >= 0.3 is 0 Å². The molecular weight excluding hydrogens is 180 g/mol. The maximum Gasteiger partial charge on any atom is -0.0163 e. The third-order valence-electron chi connectivity index (χ3n) is 2.81. The molecule has 3 aliphatic carbocycles. The highest BCUT2D eigenvalue weighted by atomic mass is 14.0. The summed E-state index contributed by atoms with van der Waals surface area (Å²) in [5.41, 5.74) is 0. The molecule has 3 aliphatic rings. The van der Waals surface area contributed by atoms with Gasteiger partial charge in [0.25, 0.3) is 0 Å². The van der Waals surface area contributed by atoms with Crippen LogP contribution in [0.3, 0.4) is 0 Å². The lowest BCUT2D eigenvalue weighted by Crippen LogP contribution is -1.50. The molecule has 1 fully saturated rings. The van der Waals surface area contributed by atoms with Crippen LogP contribution in [0.4, 0.5) is 0 Å². The highest BCUT2D eigenvalue weighted by Gasteiger charge is 1.95. The van der Waals surface area contributed by atoms with Crippen molar-refractivity contribution in [2.24, 2.45) is 0 Å². The molecule has 0 N–H and O–H groups in total. The topological polar surface area (TPSA) is 0 Å².